The highest BCUT2D eigenvalue weighted by molar-refractivity contribution is 6.33. The number of anilines is 1. The van der Waals surface area contributed by atoms with Gasteiger partial charge in [-0.3, -0.25) is 4.98 Å². The second-order valence-corrected chi connectivity index (χ2v) is 11.5. The summed E-state index contributed by atoms with van der Waals surface area (Å²) in [5.74, 6) is 0.862. The molecule has 0 atom stereocenters. The first-order valence-electron chi connectivity index (χ1n) is 13.8. The second-order valence-electron chi connectivity index (χ2n) is 11.1. The maximum atomic E-state index is 9.75. The van der Waals surface area contributed by atoms with Gasteiger partial charge in [-0.05, 0) is 76.0 Å². The van der Waals surface area contributed by atoms with Crippen molar-refractivity contribution in [1.29, 1.82) is 5.26 Å². The summed E-state index contributed by atoms with van der Waals surface area (Å²) in [5.41, 5.74) is 2.33. The molecule has 0 amide bonds. The van der Waals surface area contributed by atoms with Gasteiger partial charge >= 0.3 is 0 Å². The van der Waals surface area contributed by atoms with Crippen molar-refractivity contribution >= 4 is 17.4 Å². The van der Waals surface area contributed by atoms with Crippen molar-refractivity contribution in [1.82, 2.24) is 15.3 Å². The molecule has 3 aliphatic rings. The van der Waals surface area contributed by atoms with Crippen molar-refractivity contribution in [2.24, 2.45) is 11.3 Å². The van der Waals surface area contributed by atoms with E-state index >= 15 is 0 Å². The molecule has 0 unspecified atom stereocenters. The maximum absolute atomic E-state index is 9.75. The summed E-state index contributed by atoms with van der Waals surface area (Å²) in [5, 5.41) is 17.4. The molecule has 4 heterocycles. The number of nitriles is 1. The van der Waals surface area contributed by atoms with E-state index in [0.29, 0.717) is 50.0 Å². The van der Waals surface area contributed by atoms with E-state index in [9.17, 15) is 5.26 Å². The lowest BCUT2D eigenvalue weighted by Gasteiger charge is -2.32. The molecule has 1 aliphatic carbocycles. The number of pyridine rings is 2. The van der Waals surface area contributed by atoms with Crippen molar-refractivity contribution in [3.63, 3.8) is 0 Å². The van der Waals surface area contributed by atoms with Crippen LogP contribution in [-0.2, 0) is 20.6 Å². The van der Waals surface area contributed by atoms with Gasteiger partial charge < -0.3 is 24.8 Å². The summed E-state index contributed by atoms with van der Waals surface area (Å²) in [6, 6.07) is 11.0. The standard InChI is InChI=1S/C29H38ClN5O3/c1-28(37-13-14-38-28)19-33-22-7-5-21(6-8-22)15-23-16-24(25(30)17-32-23)26-3-2-4-27(35-26)34-20-29(18-31)9-11-36-12-10-29/h2-4,16-17,21-22,33H,5-15,19-20H2,1H3,(H,34,35). The molecule has 204 valence electrons. The van der Waals surface area contributed by atoms with E-state index in [4.69, 9.17) is 30.8 Å². The fourth-order valence-corrected chi connectivity index (χ4v) is 5.88. The fraction of sp³-hybridized carbons (Fsp3) is 0.621. The van der Waals surface area contributed by atoms with Gasteiger partial charge in [-0.1, -0.05) is 17.7 Å². The SMILES string of the molecule is CC1(CNC2CCC(Cc3cc(-c4cccc(NCC5(C#N)CCOCC5)n4)c(Cl)cn3)CC2)OCCO1. The van der Waals surface area contributed by atoms with E-state index in [1.165, 1.54) is 12.8 Å². The molecule has 9 heteroatoms. The zero-order valence-corrected chi connectivity index (χ0v) is 22.9. The lowest BCUT2D eigenvalue weighted by Crippen LogP contribution is -2.44. The molecule has 2 aliphatic heterocycles. The lowest BCUT2D eigenvalue weighted by atomic mass is 9.82. The Morgan fingerprint density at radius 2 is 1.84 bits per heavy atom. The minimum absolute atomic E-state index is 0.415. The fourth-order valence-electron chi connectivity index (χ4n) is 5.68. The first kappa shape index (κ1) is 27.3. The van der Waals surface area contributed by atoms with Crippen LogP contribution in [0.15, 0.2) is 30.5 Å². The number of nitrogens with zero attached hydrogens (tertiary/aromatic N) is 3. The molecule has 38 heavy (non-hydrogen) atoms. The number of rotatable bonds is 9. The van der Waals surface area contributed by atoms with Crippen LogP contribution in [0, 0.1) is 22.7 Å². The van der Waals surface area contributed by atoms with Gasteiger partial charge in [0.05, 0.1) is 35.4 Å². The van der Waals surface area contributed by atoms with Gasteiger partial charge in [0.2, 0.25) is 0 Å². The minimum atomic E-state index is -0.483. The maximum Gasteiger partial charge on any atom is 0.178 e. The number of hydrogen-bond donors (Lipinski definition) is 2. The van der Waals surface area contributed by atoms with Gasteiger partial charge in [-0.2, -0.15) is 5.26 Å². The summed E-state index contributed by atoms with van der Waals surface area (Å²) in [6.07, 6.45) is 8.77. The molecular weight excluding hydrogens is 502 g/mol. The molecule has 2 aromatic heterocycles. The van der Waals surface area contributed by atoms with Gasteiger partial charge in [0.15, 0.2) is 5.79 Å². The van der Waals surface area contributed by atoms with Gasteiger partial charge in [0.1, 0.15) is 5.82 Å². The highest BCUT2D eigenvalue weighted by Gasteiger charge is 2.33. The highest BCUT2D eigenvalue weighted by atomic mass is 35.5. The molecule has 0 spiro atoms. The Kier molecular flexibility index (Phi) is 8.81. The average Bonchev–Trinajstić information content (AvgIpc) is 3.40. The predicted octanol–water partition coefficient (Wildman–Crippen LogP) is 4.98. The van der Waals surface area contributed by atoms with Gasteiger partial charge in [0, 0.05) is 49.8 Å². The third kappa shape index (κ3) is 6.83. The van der Waals surface area contributed by atoms with Crippen LogP contribution in [0.1, 0.15) is 51.1 Å². The van der Waals surface area contributed by atoms with Crippen molar-refractivity contribution < 1.29 is 14.2 Å². The molecule has 2 aromatic rings. The van der Waals surface area contributed by atoms with Gasteiger partial charge in [0.25, 0.3) is 0 Å². The molecule has 2 N–H and O–H groups in total. The summed E-state index contributed by atoms with van der Waals surface area (Å²) >= 11 is 6.58. The largest absolute Gasteiger partial charge is 0.381 e. The molecule has 8 nitrogen and oxygen atoms in total. The van der Waals surface area contributed by atoms with Crippen molar-refractivity contribution in [2.45, 2.75) is 63.7 Å². The Bertz CT molecular complexity index is 1120. The Morgan fingerprint density at radius 1 is 1.08 bits per heavy atom. The van der Waals surface area contributed by atoms with Gasteiger partial charge in [-0.25, -0.2) is 4.98 Å². The van der Waals surface area contributed by atoms with Crippen molar-refractivity contribution in [3.05, 3.63) is 41.2 Å². The van der Waals surface area contributed by atoms with Crippen molar-refractivity contribution in [3.8, 4) is 17.3 Å². The topological polar surface area (TPSA) is 101 Å². The third-order valence-corrected chi connectivity index (χ3v) is 8.49. The third-order valence-electron chi connectivity index (χ3n) is 8.19. The number of ether oxygens (including phenoxy) is 3. The van der Waals surface area contributed by atoms with E-state index in [2.05, 4.69) is 27.8 Å². The number of halogens is 1. The van der Waals surface area contributed by atoms with Crippen LogP contribution >= 0.6 is 11.6 Å². The van der Waals surface area contributed by atoms with Gasteiger partial charge in [-0.15, -0.1) is 0 Å². The van der Waals surface area contributed by atoms with E-state index in [1.54, 1.807) is 6.20 Å². The average molecular weight is 540 g/mol. The smallest absolute Gasteiger partial charge is 0.178 e. The Labute approximate surface area is 230 Å². The number of hydrogen-bond acceptors (Lipinski definition) is 8. The normalized spacial score (nSPS) is 24.6. The quantitative estimate of drug-likeness (QED) is 0.460. The molecular formula is C29H38ClN5O3. The van der Waals surface area contributed by atoms with E-state index in [0.717, 1.165) is 61.4 Å². The molecule has 1 saturated carbocycles. The van der Waals surface area contributed by atoms with Crippen LogP contribution in [0.3, 0.4) is 0 Å². The second kappa shape index (κ2) is 12.3. The van der Waals surface area contributed by atoms with E-state index < -0.39 is 11.2 Å². The summed E-state index contributed by atoms with van der Waals surface area (Å²) in [7, 11) is 0. The summed E-state index contributed by atoms with van der Waals surface area (Å²) < 4.78 is 16.9. The van der Waals surface area contributed by atoms with Crippen LogP contribution in [0.5, 0.6) is 0 Å². The molecule has 3 fully saturated rings. The zero-order chi connectivity index (χ0) is 26.4. The molecule has 2 saturated heterocycles. The number of nitrogens with one attached hydrogen (secondary N) is 2. The van der Waals surface area contributed by atoms with Crippen molar-refractivity contribution in [2.75, 3.05) is 44.8 Å². The van der Waals surface area contributed by atoms with Crippen LogP contribution in [0.4, 0.5) is 5.82 Å². The Hall–Kier alpha value is -2.28. The van der Waals surface area contributed by atoms with E-state index in [-0.39, 0.29) is 0 Å². The first-order chi connectivity index (χ1) is 18.5. The Balaban J connectivity index is 1.17. The molecule has 0 aromatic carbocycles. The minimum Gasteiger partial charge on any atom is -0.381 e. The Morgan fingerprint density at radius 3 is 2.58 bits per heavy atom. The highest BCUT2D eigenvalue weighted by Crippen LogP contribution is 2.33. The summed E-state index contributed by atoms with van der Waals surface area (Å²) in [6.45, 7) is 5.90. The van der Waals surface area contributed by atoms with Crippen LogP contribution in [0.2, 0.25) is 5.02 Å². The lowest BCUT2D eigenvalue weighted by molar-refractivity contribution is -0.139. The number of aromatic nitrogens is 2. The summed E-state index contributed by atoms with van der Waals surface area (Å²) in [4.78, 5) is 9.46. The zero-order valence-electron chi connectivity index (χ0n) is 22.2. The van der Waals surface area contributed by atoms with Crippen LogP contribution in [-0.4, -0.2) is 61.3 Å². The molecule has 5 rings (SSSR count). The van der Waals surface area contributed by atoms with Crippen LogP contribution < -0.4 is 10.6 Å². The predicted molar refractivity (Wildman–Crippen MR) is 147 cm³/mol. The van der Waals surface area contributed by atoms with E-state index in [1.807, 2.05) is 25.1 Å². The first-order valence-corrected chi connectivity index (χ1v) is 14.2. The molecule has 0 bridgehead atoms. The molecule has 0 radical (unpaired) electrons. The van der Waals surface area contributed by atoms with Crippen LogP contribution in [0.25, 0.3) is 11.3 Å². The monoisotopic (exact) mass is 539 g/mol.